The SMILES string of the molecule is Cc1ccsc1/C=N/NC(=O)COc1cc(C)c(Cl)c(C)c1Br. The van der Waals surface area contributed by atoms with E-state index in [4.69, 9.17) is 16.3 Å². The standard InChI is InChI=1S/C16H16BrClN2O2S/c1-9-4-5-23-13(9)7-19-20-14(21)8-22-12-6-10(2)16(18)11(3)15(12)17/h4-7H,8H2,1-3H3,(H,20,21)/b19-7+. The number of hydrogen-bond acceptors (Lipinski definition) is 4. The van der Waals surface area contributed by atoms with Crippen LogP contribution in [-0.2, 0) is 4.79 Å². The quantitative estimate of drug-likeness (QED) is 0.572. The van der Waals surface area contributed by atoms with Crippen molar-refractivity contribution in [1.82, 2.24) is 5.43 Å². The number of halogens is 2. The van der Waals surface area contributed by atoms with Crippen molar-refractivity contribution in [3.05, 3.63) is 48.6 Å². The summed E-state index contributed by atoms with van der Waals surface area (Å²) in [6.45, 7) is 5.65. The molecule has 7 heteroatoms. The molecule has 0 aliphatic carbocycles. The van der Waals surface area contributed by atoms with E-state index in [1.165, 1.54) is 0 Å². The van der Waals surface area contributed by atoms with E-state index >= 15 is 0 Å². The molecule has 4 nitrogen and oxygen atoms in total. The Morgan fingerprint density at radius 1 is 1.43 bits per heavy atom. The molecule has 1 aromatic heterocycles. The zero-order chi connectivity index (χ0) is 17.0. The van der Waals surface area contributed by atoms with E-state index < -0.39 is 0 Å². The smallest absolute Gasteiger partial charge is 0.277 e. The summed E-state index contributed by atoms with van der Waals surface area (Å²) < 4.78 is 6.29. The first-order valence-corrected chi connectivity index (χ1v) is 8.89. The highest BCUT2D eigenvalue weighted by Gasteiger charge is 2.12. The maximum atomic E-state index is 11.8. The van der Waals surface area contributed by atoms with Crippen LogP contribution in [0.5, 0.6) is 5.75 Å². The average molecular weight is 416 g/mol. The second kappa shape index (κ2) is 7.95. The van der Waals surface area contributed by atoms with Crippen LogP contribution in [0.25, 0.3) is 0 Å². The molecule has 122 valence electrons. The number of benzene rings is 1. The highest BCUT2D eigenvalue weighted by atomic mass is 79.9. The first-order chi connectivity index (χ1) is 10.9. The van der Waals surface area contributed by atoms with Crippen molar-refractivity contribution in [3.63, 3.8) is 0 Å². The molecule has 0 aliphatic heterocycles. The molecule has 0 atom stereocenters. The van der Waals surface area contributed by atoms with E-state index in [1.54, 1.807) is 23.6 Å². The molecule has 1 amide bonds. The molecular formula is C16H16BrClN2O2S. The van der Waals surface area contributed by atoms with Gasteiger partial charge >= 0.3 is 0 Å². The van der Waals surface area contributed by atoms with E-state index in [1.807, 2.05) is 32.2 Å². The van der Waals surface area contributed by atoms with Crippen molar-refractivity contribution < 1.29 is 9.53 Å². The maximum Gasteiger partial charge on any atom is 0.277 e. The highest BCUT2D eigenvalue weighted by molar-refractivity contribution is 9.10. The first-order valence-electron chi connectivity index (χ1n) is 6.84. The number of rotatable bonds is 5. The van der Waals surface area contributed by atoms with Crippen LogP contribution >= 0.6 is 38.9 Å². The first kappa shape index (κ1) is 18.0. The predicted octanol–water partition coefficient (Wildman–Crippen LogP) is 4.62. The number of hydrogen-bond donors (Lipinski definition) is 1. The van der Waals surface area contributed by atoms with Gasteiger partial charge in [-0.2, -0.15) is 5.10 Å². The van der Waals surface area contributed by atoms with Crippen LogP contribution in [0.4, 0.5) is 0 Å². The van der Waals surface area contributed by atoms with Crippen molar-refractivity contribution in [1.29, 1.82) is 0 Å². The third-order valence-electron chi connectivity index (χ3n) is 3.20. The molecule has 0 saturated heterocycles. The van der Waals surface area contributed by atoms with Gasteiger partial charge in [0, 0.05) is 9.90 Å². The number of aryl methyl sites for hydroxylation is 2. The molecule has 0 saturated carbocycles. The Hall–Kier alpha value is -1.37. The molecule has 2 rings (SSSR count). The normalized spacial score (nSPS) is 11.0. The second-order valence-corrected chi connectivity index (χ2v) is 7.11. The number of hydrazone groups is 1. The summed E-state index contributed by atoms with van der Waals surface area (Å²) in [7, 11) is 0. The molecule has 1 aromatic carbocycles. The summed E-state index contributed by atoms with van der Waals surface area (Å²) in [6.07, 6.45) is 1.63. The van der Waals surface area contributed by atoms with Crippen molar-refractivity contribution in [2.75, 3.05) is 6.61 Å². The third-order valence-corrected chi connectivity index (χ3v) is 5.72. The van der Waals surface area contributed by atoms with Gasteiger partial charge in [0.1, 0.15) is 5.75 Å². The Kier molecular flexibility index (Phi) is 6.21. The van der Waals surface area contributed by atoms with E-state index in [0.29, 0.717) is 10.8 Å². The average Bonchev–Trinajstić information content (AvgIpc) is 2.93. The molecule has 1 N–H and O–H groups in total. The minimum Gasteiger partial charge on any atom is -0.483 e. The van der Waals surface area contributed by atoms with E-state index in [2.05, 4.69) is 26.5 Å². The molecule has 0 radical (unpaired) electrons. The number of amides is 1. The predicted molar refractivity (Wildman–Crippen MR) is 98.9 cm³/mol. The van der Waals surface area contributed by atoms with Crippen molar-refractivity contribution in [2.45, 2.75) is 20.8 Å². The van der Waals surface area contributed by atoms with Crippen molar-refractivity contribution in [3.8, 4) is 5.75 Å². The molecular weight excluding hydrogens is 400 g/mol. The Balaban J connectivity index is 1.92. The van der Waals surface area contributed by atoms with Gasteiger partial charge in [0.25, 0.3) is 5.91 Å². The van der Waals surface area contributed by atoms with Crippen LogP contribution in [0.2, 0.25) is 5.02 Å². The molecule has 0 unspecified atom stereocenters. The summed E-state index contributed by atoms with van der Waals surface area (Å²) in [5.74, 6) is 0.255. The van der Waals surface area contributed by atoms with Crippen LogP contribution in [0.15, 0.2) is 27.1 Å². The van der Waals surface area contributed by atoms with Crippen LogP contribution in [0, 0.1) is 20.8 Å². The van der Waals surface area contributed by atoms with Crippen LogP contribution in [-0.4, -0.2) is 18.7 Å². The fraction of sp³-hybridized carbons (Fsp3) is 0.250. The number of carbonyl (C=O) groups excluding carboxylic acids is 1. The Bertz CT molecular complexity index is 759. The van der Waals surface area contributed by atoms with Gasteiger partial charge in [0.15, 0.2) is 6.61 Å². The lowest BCUT2D eigenvalue weighted by atomic mass is 10.1. The Morgan fingerprint density at radius 2 is 2.17 bits per heavy atom. The van der Waals surface area contributed by atoms with Gasteiger partial charge < -0.3 is 4.74 Å². The molecule has 23 heavy (non-hydrogen) atoms. The molecule has 2 aromatic rings. The second-order valence-electron chi connectivity index (χ2n) is 4.99. The van der Waals surface area contributed by atoms with Gasteiger partial charge in [0.2, 0.25) is 0 Å². The molecule has 0 spiro atoms. The van der Waals surface area contributed by atoms with Crippen LogP contribution in [0.1, 0.15) is 21.6 Å². The number of nitrogens with zero attached hydrogens (tertiary/aromatic N) is 1. The van der Waals surface area contributed by atoms with Crippen molar-refractivity contribution in [2.24, 2.45) is 5.10 Å². The van der Waals surface area contributed by atoms with Gasteiger partial charge in [0.05, 0.1) is 10.7 Å². The summed E-state index contributed by atoms with van der Waals surface area (Å²) in [6, 6.07) is 3.80. The summed E-state index contributed by atoms with van der Waals surface area (Å²) in [5, 5.41) is 6.59. The number of nitrogens with one attached hydrogen (secondary N) is 1. The van der Waals surface area contributed by atoms with Gasteiger partial charge in [-0.15, -0.1) is 11.3 Å². The summed E-state index contributed by atoms with van der Waals surface area (Å²) in [4.78, 5) is 12.8. The highest BCUT2D eigenvalue weighted by Crippen LogP contribution is 2.35. The zero-order valence-corrected chi connectivity index (χ0v) is 16.1. The topological polar surface area (TPSA) is 50.7 Å². The van der Waals surface area contributed by atoms with E-state index in [-0.39, 0.29) is 12.5 Å². The third kappa shape index (κ3) is 4.56. The Labute approximate surface area is 152 Å². The summed E-state index contributed by atoms with van der Waals surface area (Å²) >= 11 is 11.2. The van der Waals surface area contributed by atoms with E-state index in [0.717, 1.165) is 26.0 Å². The zero-order valence-electron chi connectivity index (χ0n) is 12.9. The van der Waals surface area contributed by atoms with Gasteiger partial charge in [-0.1, -0.05) is 11.6 Å². The Morgan fingerprint density at radius 3 is 2.83 bits per heavy atom. The van der Waals surface area contributed by atoms with Crippen molar-refractivity contribution >= 4 is 51.0 Å². The van der Waals surface area contributed by atoms with E-state index in [9.17, 15) is 4.79 Å². The monoisotopic (exact) mass is 414 g/mol. The number of thiophene rings is 1. The van der Waals surface area contributed by atoms with Gasteiger partial charge in [-0.3, -0.25) is 4.79 Å². The minimum atomic E-state index is -0.326. The summed E-state index contributed by atoms with van der Waals surface area (Å²) in [5.41, 5.74) is 5.35. The number of carbonyl (C=O) groups is 1. The molecule has 0 fully saturated rings. The number of ether oxygens (including phenoxy) is 1. The van der Waals surface area contributed by atoms with Crippen LogP contribution in [0.3, 0.4) is 0 Å². The van der Waals surface area contributed by atoms with Crippen LogP contribution < -0.4 is 10.2 Å². The lowest BCUT2D eigenvalue weighted by Gasteiger charge is -2.12. The lowest BCUT2D eigenvalue weighted by molar-refractivity contribution is -0.123. The van der Waals surface area contributed by atoms with Gasteiger partial charge in [-0.05, 0) is 70.9 Å². The molecule has 1 heterocycles. The molecule has 0 bridgehead atoms. The molecule has 0 aliphatic rings. The maximum absolute atomic E-state index is 11.8. The van der Waals surface area contributed by atoms with Gasteiger partial charge in [-0.25, -0.2) is 5.43 Å². The lowest BCUT2D eigenvalue weighted by Crippen LogP contribution is -2.24. The largest absolute Gasteiger partial charge is 0.483 e. The minimum absolute atomic E-state index is 0.125. The fourth-order valence-electron chi connectivity index (χ4n) is 1.86. The fourth-order valence-corrected chi connectivity index (χ4v) is 3.34.